The molecule has 5 rings (SSSR count). The zero-order chi connectivity index (χ0) is 21.9. The van der Waals surface area contributed by atoms with Crippen LogP contribution in [0.3, 0.4) is 0 Å². The van der Waals surface area contributed by atoms with Gasteiger partial charge in [0.15, 0.2) is 0 Å². The van der Waals surface area contributed by atoms with E-state index < -0.39 is 0 Å². The first-order valence-electron chi connectivity index (χ1n) is 11.5. The maximum Gasteiger partial charge on any atom is 0.240 e. The lowest BCUT2D eigenvalue weighted by atomic mass is 10.0. The van der Waals surface area contributed by atoms with Crippen LogP contribution in [-0.2, 0) is 9.59 Å². The van der Waals surface area contributed by atoms with Crippen molar-refractivity contribution in [2.45, 2.75) is 69.7 Å². The Bertz CT molecular complexity index is 929. The lowest BCUT2D eigenvalue weighted by Crippen LogP contribution is -2.53. The quantitative estimate of drug-likeness (QED) is 0.704. The first-order chi connectivity index (χ1) is 14.9. The first-order valence-corrected chi connectivity index (χ1v) is 11.5. The molecule has 7 atom stereocenters. The van der Waals surface area contributed by atoms with Gasteiger partial charge in [-0.25, -0.2) is 4.39 Å². The van der Waals surface area contributed by atoms with Crippen LogP contribution >= 0.6 is 0 Å². The molecule has 31 heavy (non-hydrogen) atoms. The van der Waals surface area contributed by atoms with E-state index in [1.54, 1.807) is 12.1 Å². The van der Waals surface area contributed by atoms with E-state index in [0.29, 0.717) is 12.5 Å². The highest BCUT2D eigenvalue weighted by Gasteiger charge is 2.56. The van der Waals surface area contributed by atoms with Crippen molar-refractivity contribution in [1.82, 2.24) is 14.7 Å². The van der Waals surface area contributed by atoms with Gasteiger partial charge in [0, 0.05) is 31.1 Å². The summed E-state index contributed by atoms with van der Waals surface area (Å²) in [6.45, 7) is 5.30. The summed E-state index contributed by atoms with van der Waals surface area (Å²) in [6, 6.07) is 8.60. The summed E-state index contributed by atoms with van der Waals surface area (Å²) in [4.78, 5) is 32.3. The van der Waals surface area contributed by atoms with Gasteiger partial charge in [0.05, 0.1) is 18.2 Å². The average molecular weight is 425 g/mol. The number of piperazine rings is 1. The standard InChI is InChI=1S/C24H29FN4O2/c1-3-20(15-4-6-17(25)7-5-15)29-19-10-22(24(29)31)27(13-19)12-14(2)23(30)28-18(11-26)8-16-9-21(16)28/h4-7,14,16,18-22H,3,8-10,12-13H2,1-2H3/t14-,16+,18-,19-,20+,21?,22-/m0/s1. The Balaban J connectivity index is 1.25. The van der Waals surface area contributed by atoms with E-state index in [2.05, 4.69) is 17.9 Å². The number of nitriles is 1. The molecule has 1 aromatic carbocycles. The minimum atomic E-state index is -0.285. The van der Waals surface area contributed by atoms with Gasteiger partial charge < -0.3 is 9.80 Å². The monoisotopic (exact) mass is 424 g/mol. The van der Waals surface area contributed by atoms with Gasteiger partial charge >= 0.3 is 0 Å². The molecule has 1 aromatic rings. The Morgan fingerprint density at radius 2 is 2.00 bits per heavy atom. The van der Waals surface area contributed by atoms with Crippen LogP contribution in [0.5, 0.6) is 0 Å². The van der Waals surface area contributed by atoms with E-state index in [9.17, 15) is 19.2 Å². The summed E-state index contributed by atoms with van der Waals surface area (Å²) in [7, 11) is 0. The van der Waals surface area contributed by atoms with Crippen LogP contribution in [0.25, 0.3) is 0 Å². The molecule has 0 aromatic heterocycles. The summed E-state index contributed by atoms with van der Waals surface area (Å²) in [6.07, 6.45) is 3.40. The number of hydrogen-bond acceptors (Lipinski definition) is 4. The fourth-order valence-electron chi connectivity index (χ4n) is 6.15. The Kier molecular flexibility index (Phi) is 5.01. The highest BCUT2D eigenvalue weighted by Crippen LogP contribution is 2.48. The number of fused-ring (bicyclic) bond motifs is 3. The molecule has 164 valence electrons. The molecule has 1 unspecified atom stereocenters. The lowest BCUT2D eigenvalue weighted by molar-refractivity contribution is -0.142. The van der Waals surface area contributed by atoms with E-state index in [4.69, 9.17) is 0 Å². The van der Waals surface area contributed by atoms with Crippen molar-refractivity contribution in [1.29, 1.82) is 5.26 Å². The summed E-state index contributed by atoms with van der Waals surface area (Å²) in [5, 5.41) is 9.40. The molecule has 3 heterocycles. The van der Waals surface area contributed by atoms with E-state index in [1.807, 2.05) is 16.7 Å². The van der Waals surface area contributed by atoms with Gasteiger partial charge in [0.25, 0.3) is 0 Å². The molecule has 4 aliphatic rings. The molecule has 2 amide bonds. The molecule has 3 aliphatic heterocycles. The largest absolute Gasteiger partial charge is 0.330 e. The molecule has 0 radical (unpaired) electrons. The van der Waals surface area contributed by atoms with E-state index in [0.717, 1.165) is 37.8 Å². The van der Waals surface area contributed by atoms with Crippen LogP contribution in [0, 0.1) is 29.0 Å². The molecule has 2 bridgehead atoms. The summed E-state index contributed by atoms with van der Waals surface area (Å²) < 4.78 is 13.3. The van der Waals surface area contributed by atoms with Crippen LogP contribution in [0.1, 0.15) is 51.1 Å². The molecule has 1 saturated carbocycles. The molecular weight excluding hydrogens is 395 g/mol. The minimum absolute atomic E-state index is 0.0444. The van der Waals surface area contributed by atoms with Crippen LogP contribution in [-0.4, -0.2) is 63.8 Å². The summed E-state index contributed by atoms with van der Waals surface area (Å²) >= 11 is 0. The highest BCUT2D eigenvalue weighted by molar-refractivity contribution is 5.86. The maximum atomic E-state index is 13.3. The van der Waals surface area contributed by atoms with Crippen molar-refractivity contribution < 1.29 is 14.0 Å². The maximum absolute atomic E-state index is 13.3. The molecular formula is C24H29FN4O2. The fourth-order valence-corrected chi connectivity index (χ4v) is 6.15. The molecule has 0 spiro atoms. The van der Waals surface area contributed by atoms with Crippen LogP contribution in [0.15, 0.2) is 24.3 Å². The Morgan fingerprint density at radius 3 is 2.65 bits per heavy atom. The van der Waals surface area contributed by atoms with Gasteiger partial charge in [-0.15, -0.1) is 0 Å². The smallest absolute Gasteiger partial charge is 0.240 e. The van der Waals surface area contributed by atoms with Crippen molar-refractivity contribution in [3.05, 3.63) is 35.6 Å². The number of carbonyl (C=O) groups excluding carboxylic acids is 2. The zero-order valence-corrected chi connectivity index (χ0v) is 18.1. The average Bonchev–Trinajstić information content (AvgIpc) is 3.10. The van der Waals surface area contributed by atoms with E-state index in [-0.39, 0.29) is 53.8 Å². The number of likely N-dealkylation sites (tertiary alicyclic amines) is 3. The number of rotatable bonds is 6. The van der Waals surface area contributed by atoms with Crippen molar-refractivity contribution >= 4 is 11.8 Å². The lowest BCUT2D eigenvalue weighted by Gasteiger charge is -2.39. The molecule has 1 aliphatic carbocycles. The number of hydrogen-bond donors (Lipinski definition) is 0. The van der Waals surface area contributed by atoms with Crippen LogP contribution < -0.4 is 0 Å². The Labute approximate surface area is 182 Å². The number of piperidine rings is 1. The number of carbonyl (C=O) groups is 2. The fraction of sp³-hybridized carbons (Fsp3) is 0.625. The molecule has 6 nitrogen and oxygen atoms in total. The number of nitrogens with zero attached hydrogens (tertiary/aromatic N) is 4. The number of amides is 2. The Morgan fingerprint density at radius 1 is 1.26 bits per heavy atom. The minimum Gasteiger partial charge on any atom is -0.330 e. The summed E-state index contributed by atoms with van der Waals surface area (Å²) in [5.41, 5.74) is 0.968. The van der Waals surface area contributed by atoms with Crippen LogP contribution in [0.2, 0.25) is 0 Å². The second-order valence-corrected chi connectivity index (χ2v) is 9.67. The number of benzene rings is 1. The third-order valence-electron chi connectivity index (χ3n) is 7.73. The van der Waals surface area contributed by atoms with Crippen LogP contribution in [0.4, 0.5) is 4.39 Å². The van der Waals surface area contributed by atoms with Gasteiger partial charge in [-0.1, -0.05) is 26.0 Å². The SMILES string of the molecule is CC[C@H](c1ccc(F)cc1)N1C(=O)[C@@H]2C[C@H]1CN2C[C@H](C)C(=O)N1C2C[C@H]2C[C@H]1C#N. The second kappa shape index (κ2) is 7.59. The van der Waals surface area contributed by atoms with E-state index in [1.165, 1.54) is 12.1 Å². The van der Waals surface area contributed by atoms with E-state index >= 15 is 0 Å². The van der Waals surface area contributed by atoms with Gasteiger partial charge in [-0.3, -0.25) is 14.5 Å². The first kappa shape index (κ1) is 20.4. The van der Waals surface area contributed by atoms with Crippen molar-refractivity contribution in [2.75, 3.05) is 13.1 Å². The predicted molar refractivity (Wildman–Crippen MR) is 112 cm³/mol. The molecule has 0 N–H and O–H groups in total. The van der Waals surface area contributed by atoms with Gasteiger partial charge in [0.2, 0.25) is 11.8 Å². The highest BCUT2D eigenvalue weighted by atomic mass is 19.1. The number of halogens is 1. The molecule has 7 heteroatoms. The van der Waals surface area contributed by atoms with Crippen molar-refractivity contribution in [2.24, 2.45) is 11.8 Å². The third kappa shape index (κ3) is 3.32. The molecule has 4 fully saturated rings. The summed E-state index contributed by atoms with van der Waals surface area (Å²) in [5.74, 6) is 0.185. The third-order valence-corrected chi connectivity index (χ3v) is 7.73. The molecule has 3 saturated heterocycles. The predicted octanol–water partition coefficient (Wildman–Crippen LogP) is 2.71. The van der Waals surface area contributed by atoms with Crippen molar-refractivity contribution in [3.63, 3.8) is 0 Å². The van der Waals surface area contributed by atoms with Gasteiger partial charge in [-0.2, -0.15) is 5.26 Å². The van der Waals surface area contributed by atoms with Gasteiger partial charge in [0.1, 0.15) is 11.9 Å². The Hall–Kier alpha value is -2.46. The normalized spacial score (nSPS) is 33.4. The zero-order valence-electron chi connectivity index (χ0n) is 18.1. The second-order valence-electron chi connectivity index (χ2n) is 9.67. The van der Waals surface area contributed by atoms with Crippen molar-refractivity contribution in [3.8, 4) is 6.07 Å². The van der Waals surface area contributed by atoms with Gasteiger partial charge in [-0.05, 0) is 49.3 Å². The topological polar surface area (TPSA) is 67.7 Å².